The average molecular weight is 378 g/mol. The highest BCUT2D eigenvalue weighted by Crippen LogP contribution is 2.49. The van der Waals surface area contributed by atoms with E-state index in [9.17, 15) is 13.2 Å². The standard InChI is InChI=1S/C21H25F3N2O/c22-21(23,24)14-6-9-18-17(12-14)20-16(8-7-15(27-20)10-11-25)19(26-18)13-4-2-1-3-5-13/h1-4,6,9,12-13,15-16,19-20,26H,5,7-8,10-11,25H2/t13?,15-,16+,19+,20+/m1/s1. The predicted octanol–water partition coefficient (Wildman–Crippen LogP) is 4.82. The van der Waals surface area contributed by atoms with Crippen molar-refractivity contribution in [1.82, 2.24) is 0 Å². The van der Waals surface area contributed by atoms with Crippen molar-refractivity contribution >= 4 is 5.69 Å². The molecular formula is C21H25F3N2O. The van der Waals surface area contributed by atoms with E-state index in [0.29, 0.717) is 18.0 Å². The maximum atomic E-state index is 13.3. The van der Waals surface area contributed by atoms with Crippen molar-refractivity contribution in [2.45, 2.75) is 50.1 Å². The summed E-state index contributed by atoms with van der Waals surface area (Å²) in [6.07, 6.45) is 7.25. The zero-order valence-corrected chi connectivity index (χ0v) is 15.1. The predicted molar refractivity (Wildman–Crippen MR) is 99.3 cm³/mol. The van der Waals surface area contributed by atoms with Crippen LogP contribution in [-0.2, 0) is 10.9 Å². The number of hydrogen-bond acceptors (Lipinski definition) is 3. The smallest absolute Gasteiger partial charge is 0.381 e. The normalized spacial score (nSPS) is 32.5. The van der Waals surface area contributed by atoms with Gasteiger partial charge in [0.2, 0.25) is 0 Å². The molecule has 3 N–H and O–H groups in total. The van der Waals surface area contributed by atoms with Crippen LogP contribution in [0.25, 0.3) is 0 Å². The lowest BCUT2D eigenvalue weighted by molar-refractivity contribution is -0.138. The van der Waals surface area contributed by atoms with Crippen LogP contribution in [0, 0.1) is 11.8 Å². The fourth-order valence-corrected chi connectivity index (χ4v) is 4.66. The fourth-order valence-electron chi connectivity index (χ4n) is 4.66. The Kier molecular flexibility index (Phi) is 5.03. The van der Waals surface area contributed by atoms with Crippen LogP contribution in [0.4, 0.5) is 18.9 Å². The number of anilines is 1. The van der Waals surface area contributed by atoms with Gasteiger partial charge in [-0.3, -0.25) is 0 Å². The summed E-state index contributed by atoms with van der Waals surface area (Å²) in [7, 11) is 0. The SMILES string of the molecule is NCC[C@H]1CC[C@@H]2[C@H](O1)c1cc(C(F)(F)F)ccc1N[C@H]2C1C=CC=CC1. The monoisotopic (exact) mass is 378 g/mol. The third kappa shape index (κ3) is 3.65. The minimum absolute atomic E-state index is 0.0131. The molecule has 1 unspecified atom stereocenters. The summed E-state index contributed by atoms with van der Waals surface area (Å²) in [6, 6.07) is 4.12. The first-order chi connectivity index (χ1) is 13.0. The molecule has 146 valence electrons. The molecule has 0 spiro atoms. The van der Waals surface area contributed by atoms with Crippen molar-refractivity contribution in [1.29, 1.82) is 0 Å². The van der Waals surface area contributed by atoms with Crippen molar-refractivity contribution in [2.24, 2.45) is 17.6 Å². The molecule has 0 amide bonds. The summed E-state index contributed by atoms with van der Waals surface area (Å²) < 4.78 is 46.1. The summed E-state index contributed by atoms with van der Waals surface area (Å²) in [5.41, 5.74) is 6.45. The summed E-state index contributed by atoms with van der Waals surface area (Å²) >= 11 is 0. The highest BCUT2D eigenvalue weighted by Gasteiger charge is 2.44. The molecule has 1 fully saturated rings. The lowest BCUT2D eigenvalue weighted by Crippen LogP contribution is -2.47. The van der Waals surface area contributed by atoms with E-state index in [0.717, 1.165) is 37.4 Å². The van der Waals surface area contributed by atoms with Crippen molar-refractivity contribution in [3.63, 3.8) is 0 Å². The number of allylic oxidation sites excluding steroid dienone is 3. The minimum atomic E-state index is -4.36. The topological polar surface area (TPSA) is 47.3 Å². The van der Waals surface area contributed by atoms with Gasteiger partial charge in [-0.25, -0.2) is 0 Å². The number of fused-ring (bicyclic) bond motifs is 3. The first kappa shape index (κ1) is 18.6. The van der Waals surface area contributed by atoms with E-state index in [-0.39, 0.29) is 24.2 Å². The molecule has 3 nitrogen and oxygen atoms in total. The number of benzene rings is 1. The van der Waals surface area contributed by atoms with Gasteiger partial charge in [0, 0.05) is 29.1 Å². The fraction of sp³-hybridized carbons (Fsp3) is 0.524. The van der Waals surface area contributed by atoms with Crippen molar-refractivity contribution in [2.75, 3.05) is 11.9 Å². The third-order valence-electron chi connectivity index (χ3n) is 5.98. The van der Waals surface area contributed by atoms with Gasteiger partial charge in [-0.05, 0) is 50.4 Å². The van der Waals surface area contributed by atoms with Crippen molar-refractivity contribution in [3.8, 4) is 0 Å². The Morgan fingerprint density at radius 1 is 1.19 bits per heavy atom. The lowest BCUT2D eigenvalue weighted by atomic mass is 9.72. The Labute approximate surface area is 157 Å². The molecule has 4 rings (SSSR count). The number of alkyl halides is 3. The highest BCUT2D eigenvalue weighted by molar-refractivity contribution is 5.58. The van der Waals surface area contributed by atoms with E-state index in [4.69, 9.17) is 10.5 Å². The van der Waals surface area contributed by atoms with Crippen LogP contribution < -0.4 is 11.1 Å². The molecule has 2 aliphatic heterocycles. The summed E-state index contributed by atoms with van der Waals surface area (Å²) in [5.74, 6) is 0.462. The third-order valence-corrected chi connectivity index (χ3v) is 5.98. The maximum Gasteiger partial charge on any atom is 0.416 e. The van der Waals surface area contributed by atoms with E-state index >= 15 is 0 Å². The van der Waals surface area contributed by atoms with Gasteiger partial charge in [0.25, 0.3) is 0 Å². The number of nitrogens with one attached hydrogen (secondary N) is 1. The van der Waals surface area contributed by atoms with Crippen LogP contribution in [0.1, 0.15) is 42.9 Å². The Balaban J connectivity index is 1.70. The zero-order chi connectivity index (χ0) is 19.0. The number of halogens is 3. The van der Waals surface area contributed by atoms with Gasteiger partial charge in [0.05, 0.1) is 17.8 Å². The van der Waals surface area contributed by atoms with E-state index in [1.807, 2.05) is 12.2 Å². The molecule has 5 atom stereocenters. The quantitative estimate of drug-likeness (QED) is 0.793. The van der Waals surface area contributed by atoms with Crippen LogP contribution in [0.15, 0.2) is 42.5 Å². The van der Waals surface area contributed by atoms with Crippen LogP contribution in [0.2, 0.25) is 0 Å². The molecule has 0 bridgehead atoms. The van der Waals surface area contributed by atoms with E-state index in [2.05, 4.69) is 17.5 Å². The molecule has 1 aliphatic carbocycles. The van der Waals surface area contributed by atoms with Gasteiger partial charge >= 0.3 is 6.18 Å². The Morgan fingerprint density at radius 2 is 2.04 bits per heavy atom. The van der Waals surface area contributed by atoms with E-state index in [1.165, 1.54) is 6.07 Å². The second kappa shape index (κ2) is 7.32. The largest absolute Gasteiger partial charge is 0.416 e. The number of nitrogens with two attached hydrogens (primary N) is 1. The molecule has 2 heterocycles. The molecule has 27 heavy (non-hydrogen) atoms. The molecule has 6 heteroatoms. The highest BCUT2D eigenvalue weighted by atomic mass is 19.4. The first-order valence-electron chi connectivity index (χ1n) is 9.64. The van der Waals surface area contributed by atoms with Gasteiger partial charge in [-0.1, -0.05) is 24.3 Å². The number of ether oxygens (including phenoxy) is 1. The van der Waals surface area contributed by atoms with Crippen molar-refractivity contribution in [3.05, 3.63) is 53.6 Å². The average Bonchev–Trinajstić information content (AvgIpc) is 2.67. The van der Waals surface area contributed by atoms with Gasteiger partial charge in [0.15, 0.2) is 0 Å². The molecule has 0 radical (unpaired) electrons. The molecule has 1 aromatic carbocycles. The molecule has 1 aromatic rings. The van der Waals surface area contributed by atoms with Gasteiger partial charge in [0.1, 0.15) is 0 Å². The lowest BCUT2D eigenvalue weighted by Gasteiger charge is -2.47. The summed E-state index contributed by atoms with van der Waals surface area (Å²) in [5, 5.41) is 3.53. The first-order valence-corrected chi connectivity index (χ1v) is 9.64. The number of hydrogen-bond donors (Lipinski definition) is 2. The Bertz CT molecular complexity index is 743. The summed E-state index contributed by atoms with van der Waals surface area (Å²) in [4.78, 5) is 0. The van der Waals surface area contributed by atoms with Crippen LogP contribution in [0.5, 0.6) is 0 Å². The van der Waals surface area contributed by atoms with Crippen LogP contribution in [0.3, 0.4) is 0 Å². The van der Waals surface area contributed by atoms with E-state index in [1.54, 1.807) is 6.07 Å². The second-order valence-corrected chi connectivity index (χ2v) is 7.68. The molecular weight excluding hydrogens is 353 g/mol. The van der Waals surface area contributed by atoms with Gasteiger partial charge in [-0.15, -0.1) is 0 Å². The van der Waals surface area contributed by atoms with Gasteiger partial charge < -0.3 is 15.8 Å². The maximum absolute atomic E-state index is 13.3. The van der Waals surface area contributed by atoms with Gasteiger partial charge in [-0.2, -0.15) is 13.2 Å². The second-order valence-electron chi connectivity index (χ2n) is 7.68. The van der Waals surface area contributed by atoms with E-state index < -0.39 is 11.7 Å². The number of rotatable bonds is 3. The van der Waals surface area contributed by atoms with Crippen molar-refractivity contribution < 1.29 is 17.9 Å². The molecule has 0 saturated carbocycles. The Morgan fingerprint density at radius 3 is 2.74 bits per heavy atom. The molecule has 3 aliphatic rings. The zero-order valence-electron chi connectivity index (χ0n) is 15.1. The van der Waals surface area contributed by atoms with Crippen LogP contribution >= 0.6 is 0 Å². The molecule has 0 aromatic heterocycles. The summed E-state index contributed by atoms with van der Waals surface area (Å²) in [6.45, 7) is 0.523. The molecule has 1 saturated heterocycles. The minimum Gasteiger partial charge on any atom is -0.381 e. The Hall–Kier alpha value is -1.79. The van der Waals surface area contributed by atoms with Crippen LogP contribution in [-0.4, -0.2) is 18.7 Å².